The fourth-order valence-corrected chi connectivity index (χ4v) is 4.23. The second-order valence-corrected chi connectivity index (χ2v) is 7.89. The van der Waals surface area contributed by atoms with Gasteiger partial charge in [0.2, 0.25) is 0 Å². The second kappa shape index (κ2) is 9.65. The van der Waals surface area contributed by atoms with E-state index in [1.54, 1.807) is 12.1 Å². The first-order valence-corrected chi connectivity index (χ1v) is 10.5. The molecule has 3 aromatic rings. The van der Waals surface area contributed by atoms with Gasteiger partial charge in [0.25, 0.3) is 5.69 Å². The topological polar surface area (TPSA) is 58.4 Å². The van der Waals surface area contributed by atoms with E-state index in [2.05, 4.69) is 64.8 Å². The summed E-state index contributed by atoms with van der Waals surface area (Å²) in [4.78, 5) is 13.2. The largest absolute Gasteiger partial charge is 0.311 e. The molecular weight excluding hydrogens is 374 g/mol. The Morgan fingerprint density at radius 3 is 2.47 bits per heavy atom. The number of hydrogen-bond donors (Lipinski definition) is 1. The Bertz CT molecular complexity index is 990. The molecule has 1 atom stereocenters. The molecule has 5 nitrogen and oxygen atoms in total. The maximum absolute atomic E-state index is 11.0. The van der Waals surface area contributed by atoms with E-state index in [0.717, 1.165) is 38.0 Å². The van der Waals surface area contributed by atoms with Crippen LogP contribution in [0.1, 0.15) is 22.3 Å². The average molecular weight is 402 g/mol. The molecule has 30 heavy (non-hydrogen) atoms. The van der Waals surface area contributed by atoms with Crippen molar-refractivity contribution in [1.29, 1.82) is 0 Å². The van der Waals surface area contributed by atoms with Crippen molar-refractivity contribution in [2.45, 2.75) is 32.0 Å². The predicted molar refractivity (Wildman–Crippen MR) is 119 cm³/mol. The van der Waals surface area contributed by atoms with E-state index in [-0.39, 0.29) is 10.6 Å². The first-order chi connectivity index (χ1) is 14.7. The van der Waals surface area contributed by atoms with Crippen molar-refractivity contribution >= 4 is 5.69 Å². The SMILES string of the molecule is O=[N+]([O-])c1cccc(CNCCN2Cc3ccccc3CC2Cc2ccccc2)c1. The first kappa shape index (κ1) is 20.3. The normalized spacial score (nSPS) is 16.2. The van der Waals surface area contributed by atoms with Gasteiger partial charge >= 0.3 is 0 Å². The van der Waals surface area contributed by atoms with Gasteiger partial charge in [-0.2, -0.15) is 0 Å². The van der Waals surface area contributed by atoms with E-state index in [1.165, 1.54) is 22.8 Å². The maximum Gasteiger partial charge on any atom is 0.269 e. The van der Waals surface area contributed by atoms with E-state index in [9.17, 15) is 10.1 Å². The molecule has 0 saturated carbocycles. The van der Waals surface area contributed by atoms with E-state index in [0.29, 0.717) is 12.6 Å². The van der Waals surface area contributed by atoms with Crippen molar-refractivity contribution in [3.8, 4) is 0 Å². The second-order valence-electron chi connectivity index (χ2n) is 7.89. The fraction of sp³-hybridized carbons (Fsp3) is 0.280. The standard InChI is InChI=1S/C25H27N3O2/c29-28(30)24-12-6-9-21(16-24)18-26-13-14-27-19-23-11-5-4-10-22(23)17-25(27)15-20-7-2-1-3-8-20/h1-12,16,25-26H,13-15,17-19H2. The number of nitrogens with one attached hydrogen (secondary N) is 1. The number of fused-ring (bicyclic) bond motifs is 1. The van der Waals surface area contributed by atoms with Crippen molar-refractivity contribution in [2.75, 3.05) is 13.1 Å². The lowest BCUT2D eigenvalue weighted by molar-refractivity contribution is -0.384. The van der Waals surface area contributed by atoms with Crippen molar-refractivity contribution in [2.24, 2.45) is 0 Å². The molecule has 1 aliphatic rings. The van der Waals surface area contributed by atoms with Gasteiger partial charge in [0, 0.05) is 44.4 Å². The molecule has 0 spiro atoms. The van der Waals surface area contributed by atoms with Crippen LogP contribution >= 0.6 is 0 Å². The van der Waals surface area contributed by atoms with Crippen molar-refractivity contribution < 1.29 is 4.92 Å². The quantitative estimate of drug-likeness (QED) is 0.346. The van der Waals surface area contributed by atoms with Gasteiger partial charge in [-0.05, 0) is 35.1 Å². The lowest BCUT2D eigenvalue weighted by atomic mass is 9.90. The molecule has 0 saturated heterocycles. The monoisotopic (exact) mass is 401 g/mol. The summed E-state index contributed by atoms with van der Waals surface area (Å²) in [7, 11) is 0. The molecule has 0 aliphatic carbocycles. The number of nitrogens with zero attached hydrogens (tertiary/aromatic N) is 2. The Hall–Kier alpha value is -3.02. The minimum atomic E-state index is -0.344. The smallest absolute Gasteiger partial charge is 0.269 e. The van der Waals surface area contributed by atoms with Gasteiger partial charge in [0.1, 0.15) is 0 Å². The number of nitro benzene ring substituents is 1. The Labute approximate surface area is 177 Å². The summed E-state index contributed by atoms with van der Waals surface area (Å²) >= 11 is 0. The Morgan fingerprint density at radius 1 is 0.933 bits per heavy atom. The van der Waals surface area contributed by atoms with E-state index in [4.69, 9.17) is 0 Å². The maximum atomic E-state index is 11.0. The van der Waals surface area contributed by atoms with Gasteiger partial charge in [-0.25, -0.2) is 0 Å². The minimum Gasteiger partial charge on any atom is -0.311 e. The highest BCUT2D eigenvalue weighted by atomic mass is 16.6. The van der Waals surface area contributed by atoms with Crippen LogP contribution in [0.4, 0.5) is 5.69 Å². The number of benzene rings is 3. The number of rotatable bonds is 8. The van der Waals surface area contributed by atoms with Crippen LogP contribution in [0.25, 0.3) is 0 Å². The summed E-state index contributed by atoms with van der Waals surface area (Å²) in [6, 6.07) is 26.8. The molecule has 1 N–H and O–H groups in total. The molecule has 3 aromatic carbocycles. The summed E-state index contributed by atoms with van der Waals surface area (Å²) < 4.78 is 0. The van der Waals surface area contributed by atoms with Crippen LogP contribution in [0.5, 0.6) is 0 Å². The molecule has 0 radical (unpaired) electrons. The lowest BCUT2D eigenvalue weighted by Crippen LogP contribution is -2.44. The lowest BCUT2D eigenvalue weighted by Gasteiger charge is -2.37. The van der Waals surface area contributed by atoms with Crippen molar-refractivity contribution in [3.05, 3.63) is 111 Å². The molecule has 4 rings (SSSR count). The first-order valence-electron chi connectivity index (χ1n) is 10.5. The predicted octanol–water partition coefficient (Wildman–Crippen LogP) is 4.35. The average Bonchev–Trinajstić information content (AvgIpc) is 2.78. The van der Waals surface area contributed by atoms with Gasteiger partial charge < -0.3 is 5.32 Å². The molecule has 154 valence electrons. The molecular formula is C25H27N3O2. The Kier molecular flexibility index (Phi) is 6.52. The summed E-state index contributed by atoms with van der Waals surface area (Å²) in [5.41, 5.74) is 5.33. The third-order valence-corrected chi connectivity index (χ3v) is 5.80. The number of nitro groups is 1. The highest BCUT2D eigenvalue weighted by Crippen LogP contribution is 2.25. The summed E-state index contributed by atoms with van der Waals surface area (Å²) in [5.74, 6) is 0. The molecule has 1 heterocycles. The Morgan fingerprint density at radius 2 is 1.67 bits per heavy atom. The fourth-order valence-electron chi connectivity index (χ4n) is 4.23. The molecule has 1 unspecified atom stereocenters. The van der Waals surface area contributed by atoms with Crippen LogP contribution in [-0.2, 0) is 25.9 Å². The van der Waals surface area contributed by atoms with Gasteiger partial charge in [-0.3, -0.25) is 15.0 Å². The van der Waals surface area contributed by atoms with Crippen molar-refractivity contribution in [3.63, 3.8) is 0 Å². The van der Waals surface area contributed by atoms with Gasteiger partial charge in [-0.1, -0.05) is 66.7 Å². The van der Waals surface area contributed by atoms with Crippen molar-refractivity contribution in [1.82, 2.24) is 10.2 Å². The zero-order valence-electron chi connectivity index (χ0n) is 17.0. The third kappa shape index (κ3) is 5.12. The van der Waals surface area contributed by atoms with E-state index in [1.807, 2.05) is 6.07 Å². The van der Waals surface area contributed by atoms with Crippen LogP contribution in [0.15, 0.2) is 78.9 Å². The number of hydrogen-bond acceptors (Lipinski definition) is 4. The highest BCUT2D eigenvalue weighted by molar-refractivity contribution is 5.34. The summed E-state index contributed by atoms with van der Waals surface area (Å²) in [6.45, 7) is 3.39. The van der Waals surface area contributed by atoms with E-state index >= 15 is 0 Å². The molecule has 0 fully saturated rings. The number of non-ortho nitro benzene ring substituents is 1. The zero-order valence-corrected chi connectivity index (χ0v) is 17.0. The third-order valence-electron chi connectivity index (χ3n) is 5.80. The molecule has 5 heteroatoms. The van der Waals surface area contributed by atoms with Crippen LogP contribution < -0.4 is 5.32 Å². The Balaban J connectivity index is 1.38. The molecule has 0 aromatic heterocycles. The van der Waals surface area contributed by atoms with Gasteiger partial charge in [-0.15, -0.1) is 0 Å². The van der Waals surface area contributed by atoms with Crippen LogP contribution in [0.3, 0.4) is 0 Å². The van der Waals surface area contributed by atoms with Crippen LogP contribution in [0, 0.1) is 10.1 Å². The summed E-state index contributed by atoms with van der Waals surface area (Å²) in [6.07, 6.45) is 2.11. The highest BCUT2D eigenvalue weighted by Gasteiger charge is 2.25. The molecule has 1 aliphatic heterocycles. The summed E-state index contributed by atoms with van der Waals surface area (Å²) in [5, 5.41) is 14.4. The zero-order chi connectivity index (χ0) is 20.8. The minimum absolute atomic E-state index is 0.143. The van der Waals surface area contributed by atoms with E-state index < -0.39 is 0 Å². The van der Waals surface area contributed by atoms with Crippen LogP contribution in [-0.4, -0.2) is 29.0 Å². The molecule has 0 bridgehead atoms. The van der Waals surface area contributed by atoms with Gasteiger partial charge in [0.05, 0.1) is 4.92 Å². The molecule has 0 amide bonds. The van der Waals surface area contributed by atoms with Crippen LogP contribution in [0.2, 0.25) is 0 Å². The van der Waals surface area contributed by atoms with Gasteiger partial charge in [0.15, 0.2) is 0 Å².